The minimum Gasteiger partial charge on any atom is -0.465 e. The molecule has 1 aromatic carbocycles. The van der Waals surface area contributed by atoms with Gasteiger partial charge in [-0.15, -0.1) is 0 Å². The normalized spacial score (nSPS) is 10.6. The Bertz CT molecular complexity index is 445. The van der Waals surface area contributed by atoms with Crippen LogP contribution in [0.5, 0.6) is 0 Å². The molecule has 0 unspecified atom stereocenters. The molecule has 3 heteroatoms. The van der Waals surface area contributed by atoms with Crippen LogP contribution in [0.1, 0.15) is 17.1 Å². The van der Waals surface area contributed by atoms with E-state index < -0.39 is 0 Å². The molecule has 3 nitrogen and oxygen atoms in total. The van der Waals surface area contributed by atoms with Crippen molar-refractivity contribution in [1.82, 2.24) is 5.32 Å². The molecule has 3 N–H and O–H groups in total. The van der Waals surface area contributed by atoms with Crippen molar-refractivity contribution in [1.29, 1.82) is 0 Å². The summed E-state index contributed by atoms with van der Waals surface area (Å²) >= 11 is 0. The summed E-state index contributed by atoms with van der Waals surface area (Å²) in [5.74, 6) is 1.91. The Kier molecular flexibility index (Phi) is 3.27. The zero-order chi connectivity index (χ0) is 11.4. The van der Waals surface area contributed by atoms with E-state index >= 15 is 0 Å². The van der Waals surface area contributed by atoms with E-state index in [-0.39, 0.29) is 0 Å². The van der Waals surface area contributed by atoms with Crippen LogP contribution in [-0.2, 0) is 13.1 Å². The van der Waals surface area contributed by atoms with E-state index in [1.807, 2.05) is 43.3 Å². The number of hydrogen-bond acceptors (Lipinski definition) is 3. The molecule has 0 saturated heterocycles. The monoisotopic (exact) mass is 216 g/mol. The van der Waals surface area contributed by atoms with Crippen molar-refractivity contribution >= 4 is 5.69 Å². The predicted molar refractivity (Wildman–Crippen MR) is 64.8 cm³/mol. The molecule has 1 heterocycles. The van der Waals surface area contributed by atoms with E-state index in [4.69, 9.17) is 10.2 Å². The first-order valence-electron chi connectivity index (χ1n) is 5.34. The second-order valence-electron chi connectivity index (χ2n) is 3.86. The largest absolute Gasteiger partial charge is 0.465 e. The van der Waals surface area contributed by atoms with Crippen molar-refractivity contribution in [3.8, 4) is 0 Å². The first-order valence-corrected chi connectivity index (χ1v) is 5.34. The fourth-order valence-corrected chi connectivity index (χ4v) is 1.55. The second kappa shape index (κ2) is 4.86. The van der Waals surface area contributed by atoms with E-state index in [0.717, 1.165) is 30.3 Å². The van der Waals surface area contributed by atoms with Crippen molar-refractivity contribution < 1.29 is 4.42 Å². The molecule has 0 fully saturated rings. The number of benzene rings is 1. The van der Waals surface area contributed by atoms with Crippen molar-refractivity contribution in [2.24, 2.45) is 0 Å². The Morgan fingerprint density at radius 1 is 1.06 bits per heavy atom. The molecule has 0 spiro atoms. The van der Waals surface area contributed by atoms with Crippen LogP contribution in [0.2, 0.25) is 0 Å². The van der Waals surface area contributed by atoms with Crippen LogP contribution in [0.3, 0.4) is 0 Å². The summed E-state index contributed by atoms with van der Waals surface area (Å²) in [6.07, 6.45) is 0. The molecule has 0 aliphatic rings. The van der Waals surface area contributed by atoms with Gasteiger partial charge in [0.05, 0.1) is 6.54 Å². The summed E-state index contributed by atoms with van der Waals surface area (Å²) in [6, 6.07) is 11.8. The maximum absolute atomic E-state index is 5.61. The number of rotatable bonds is 4. The van der Waals surface area contributed by atoms with Crippen molar-refractivity contribution in [3.63, 3.8) is 0 Å². The molecule has 0 atom stereocenters. The molecule has 0 bridgehead atoms. The second-order valence-corrected chi connectivity index (χ2v) is 3.86. The highest BCUT2D eigenvalue weighted by atomic mass is 16.3. The summed E-state index contributed by atoms with van der Waals surface area (Å²) in [7, 11) is 0. The average Bonchev–Trinajstić information content (AvgIpc) is 2.67. The summed E-state index contributed by atoms with van der Waals surface area (Å²) in [5, 5.41) is 3.32. The Hall–Kier alpha value is -1.74. The highest BCUT2D eigenvalue weighted by molar-refractivity contribution is 5.39. The predicted octanol–water partition coefficient (Wildman–Crippen LogP) is 2.46. The van der Waals surface area contributed by atoms with Crippen LogP contribution in [-0.4, -0.2) is 0 Å². The van der Waals surface area contributed by atoms with Crippen molar-refractivity contribution in [3.05, 3.63) is 53.5 Å². The van der Waals surface area contributed by atoms with Gasteiger partial charge in [0.15, 0.2) is 0 Å². The lowest BCUT2D eigenvalue weighted by atomic mass is 10.2. The minimum absolute atomic E-state index is 0.748. The summed E-state index contributed by atoms with van der Waals surface area (Å²) in [6.45, 7) is 3.52. The van der Waals surface area contributed by atoms with Crippen LogP contribution in [0, 0.1) is 6.92 Å². The number of nitrogens with one attached hydrogen (secondary N) is 1. The third-order valence-corrected chi connectivity index (χ3v) is 2.40. The van der Waals surface area contributed by atoms with E-state index in [9.17, 15) is 0 Å². The Balaban J connectivity index is 1.82. The van der Waals surface area contributed by atoms with Crippen LogP contribution in [0.25, 0.3) is 0 Å². The Morgan fingerprint density at radius 2 is 1.81 bits per heavy atom. The summed E-state index contributed by atoms with van der Waals surface area (Å²) in [4.78, 5) is 0. The van der Waals surface area contributed by atoms with Gasteiger partial charge in [-0.1, -0.05) is 12.1 Å². The maximum atomic E-state index is 5.61. The summed E-state index contributed by atoms with van der Waals surface area (Å²) in [5.41, 5.74) is 7.63. The number of hydrogen-bond donors (Lipinski definition) is 2. The zero-order valence-electron chi connectivity index (χ0n) is 9.36. The van der Waals surface area contributed by atoms with Gasteiger partial charge in [-0.2, -0.15) is 0 Å². The van der Waals surface area contributed by atoms with Crippen LogP contribution in [0.4, 0.5) is 5.69 Å². The molecule has 84 valence electrons. The number of anilines is 1. The fraction of sp³-hybridized carbons (Fsp3) is 0.231. The van der Waals surface area contributed by atoms with Crippen molar-refractivity contribution in [2.75, 3.05) is 5.73 Å². The third-order valence-electron chi connectivity index (χ3n) is 2.40. The molecular weight excluding hydrogens is 200 g/mol. The molecule has 0 aliphatic carbocycles. The Labute approximate surface area is 95.3 Å². The average molecular weight is 216 g/mol. The standard InChI is InChI=1S/C13H16N2O/c1-10-2-7-13(16-10)9-15-8-11-3-5-12(14)6-4-11/h2-7,15H,8-9,14H2,1H3. The van der Waals surface area contributed by atoms with Gasteiger partial charge >= 0.3 is 0 Å². The highest BCUT2D eigenvalue weighted by Gasteiger charge is 1.98. The number of nitrogens with two attached hydrogens (primary N) is 1. The maximum Gasteiger partial charge on any atom is 0.117 e. The number of nitrogen functional groups attached to an aromatic ring is 1. The molecule has 0 aliphatic heterocycles. The molecular formula is C13H16N2O. The van der Waals surface area contributed by atoms with Crippen LogP contribution < -0.4 is 11.1 Å². The lowest BCUT2D eigenvalue weighted by molar-refractivity contribution is 0.462. The molecule has 2 aromatic rings. The SMILES string of the molecule is Cc1ccc(CNCc2ccc(N)cc2)o1. The fourth-order valence-electron chi connectivity index (χ4n) is 1.55. The van der Waals surface area contributed by atoms with E-state index in [2.05, 4.69) is 5.32 Å². The van der Waals surface area contributed by atoms with Crippen LogP contribution >= 0.6 is 0 Å². The van der Waals surface area contributed by atoms with Gasteiger partial charge in [0.25, 0.3) is 0 Å². The van der Waals surface area contributed by atoms with Gasteiger partial charge in [0.1, 0.15) is 11.5 Å². The van der Waals surface area contributed by atoms with Gasteiger partial charge in [0.2, 0.25) is 0 Å². The third kappa shape index (κ3) is 2.87. The quantitative estimate of drug-likeness (QED) is 0.772. The summed E-state index contributed by atoms with van der Waals surface area (Å²) < 4.78 is 5.46. The molecule has 16 heavy (non-hydrogen) atoms. The number of furan rings is 1. The molecule has 2 rings (SSSR count). The first-order chi connectivity index (χ1) is 7.74. The molecule has 0 amide bonds. The zero-order valence-corrected chi connectivity index (χ0v) is 9.36. The van der Waals surface area contributed by atoms with Gasteiger partial charge in [0, 0.05) is 12.2 Å². The minimum atomic E-state index is 0.748. The van der Waals surface area contributed by atoms with E-state index in [1.165, 1.54) is 5.56 Å². The van der Waals surface area contributed by atoms with Gasteiger partial charge in [-0.25, -0.2) is 0 Å². The Morgan fingerprint density at radius 3 is 2.44 bits per heavy atom. The number of aryl methyl sites for hydroxylation is 1. The molecule has 0 saturated carbocycles. The van der Waals surface area contributed by atoms with E-state index in [0.29, 0.717) is 0 Å². The smallest absolute Gasteiger partial charge is 0.117 e. The lowest BCUT2D eigenvalue weighted by Gasteiger charge is -2.03. The lowest BCUT2D eigenvalue weighted by Crippen LogP contribution is -2.12. The van der Waals surface area contributed by atoms with Gasteiger partial charge < -0.3 is 15.5 Å². The topological polar surface area (TPSA) is 51.2 Å². The first kappa shape index (κ1) is 10.8. The molecule has 1 aromatic heterocycles. The van der Waals surface area contributed by atoms with Gasteiger partial charge in [-0.05, 0) is 36.8 Å². The van der Waals surface area contributed by atoms with E-state index in [1.54, 1.807) is 0 Å². The van der Waals surface area contributed by atoms with Crippen molar-refractivity contribution in [2.45, 2.75) is 20.0 Å². The van der Waals surface area contributed by atoms with Gasteiger partial charge in [-0.3, -0.25) is 0 Å². The molecule has 0 radical (unpaired) electrons. The van der Waals surface area contributed by atoms with Crippen LogP contribution in [0.15, 0.2) is 40.8 Å². The highest BCUT2D eigenvalue weighted by Crippen LogP contribution is 2.07.